The number of aromatic nitrogens is 4. The molecule has 4 nitrogen and oxygen atoms in total. The summed E-state index contributed by atoms with van der Waals surface area (Å²) < 4.78 is 4.93. The lowest BCUT2D eigenvalue weighted by molar-refractivity contribution is 0.591. The first kappa shape index (κ1) is 39.3. The van der Waals surface area contributed by atoms with E-state index in [0.29, 0.717) is 5.82 Å². The van der Waals surface area contributed by atoms with Gasteiger partial charge in [-0.2, -0.15) is 0 Å². The van der Waals surface area contributed by atoms with Crippen LogP contribution in [0.25, 0.3) is 100 Å². The predicted octanol–water partition coefficient (Wildman–Crippen LogP) is 15.9. The van der Waals surface area contributed by atoms with Crippen LogP contribution in [0.3, 0.4) is 0 Å². The van der Waals surface area contributed by atoms with Crippen molar-refractivity contribution in [1.29, 1.82) is 0 Å². The Labute approximate surface area is 375 Å². The van der Waals surface area contributed by atoms with Gasteiger partial charge < -0.3 is 9.13 Å². The minimum Gasteiger partial charge on any atom is -0.309 e. The Hall–Kier alpha value is -7.56. The van der Waals surface area contributed by atoms with Crippen molar-refractivity contribution in [1.82, 2.24) is 19.1 Å². The van der Waals surface area contributed by atoms with Crippen molar-refractivity contribution in [2.45, 2.75) is 52.4 Å². The van der Waals surface area contributed by atoms with Crippen molar-refractivity contribution >= 4 is 43.6 Å². The van der Waals surface area contributed by atoms with Crippen LogP contribution < -0.4 is 0 Å². The van der Waals surface area contributed by atoms with Crippen LogP contribution in [-0.2, 0) is 10.8 Å². The van der Waals surface area contributed by atoms with Gasteiger partial charge in [-0.25, -0.2) is 9.97 Å². The van der Waals surface area contributed by atoms with Gasteiger partial charge in [0.05, 0.1) is 44.8 Å². The summed E-state index contributed by atoms with van der Waals surface area (Å²) in [6.45, 7) is 13.7. The minimum atomic E-state index is -0.00502. The number of hydrogen-bond donors (Lipinski definition) is 0. The maximum absolute atomic E-state index is 5.47. The molecule has 0 atom stereocenters. The largest absolute Gasteiger partial charge is 0.309 e. The number of fused-ring (bicyclic) bond motifs is 6. The molecular weight excluding hydrogens is 777 g/mol. The van der Waals surface area contributed by atoms with Crippen molar-refractivity contribution < 1.29 is 0 Å². The van der Waals surface area contributed by atoms with Gasteiger partial charge in [-0.1, -0.05) is 181 Å². The Morgan fingerprint density at radius 1 is 0.344 bits per heavy atom. The molecule has 0 aliphatic rings. The average Bonchev–Trinajstić information content (AvgIpc) is 3.83. The lowest BCUT2D eigenvalue weighted by atomic mass is 9.86. The van der Waals surface area contributed by atoms with Crippen LogP contribution in [-0.4, -0.2) is 19.1 Å². The average molecular weight is 827 g/mol. The molecule has 310 valence electrons. The van der Waals surface area contributed by atoms with Gasteiger partial charge in [-0.05, 0) is 76.6 Å². The smallest absolute Gasteiger partial charge is 0.161 e. The Bertz CT molecular complexity index is 3500. The number of para-hydroxylation sites is 3. The quantitative estimate of drug-likeness (QED) is 0.167. The molecule has 0 saturated heterocycles. The second kappa shape index (κ2) is 15.1. The molecule has 0 bridgehead atoms. The first-order valence-corrected chi connectivity index (χ1v) is 22.3. The SMILES string of the molecule is CC(C)(C)c1ccc2c(c1)c1ccccc1n2-c1ccccc1-c1c(-c2nc(-c3ccccc3)cc(-c3ccccc3)n2)cccc1-n1c2ccccc2c2cc(C(C)(C)C)ccc21. The standard InChI is InChI=1S/C60H50N4/c1-59(2,3)41-32-34-54-47(36-41)43-24-13-16-28-51(43)63(54)53-30-18-15-26-45(53)57-46(58-61-49(39-20-9-7-10-21-39)38-50(62-58)40-22-11-8-12-23-40)27-19-31-56(57)64-52-29-17-14-25-44(52)48-37-42(60(4,5)6)33-35-55(48)64/h7-38H,1-6H3. The summed E-state index contributed by atoms with van der Waals surface area (Å²) >= 11 is 0. The Kier molecular flexibility index (Phi) is 9.25. The van der Waals surface area contributed by atoms with E-state index >= 15 is 0 Å². The molecule has 0 N–H and O–H groups in total. The highest BCUT2D eigenvalue weighted by atomic mass is 15.0. The maximum atomic E-state index is 5.47. The highest BCUT2D eigenvalue weighted by Crippen LogP contribution is 2.45. The zero-order valence-corrected chi connectivity index (χ0v) is 37.3. The van der Waals surface area contributed by atoms with Crippen molar-refractivity contribution in [2.24, 2.45) is 0 Å². The van der Waals surface area contributed by atoms with Crippen molar-refractivity contribution in [2.75, 3.05) is 0 Å². The van der Waals surface area contributed by atoms with Crippen LogP contribution in [0.1, 0.15) is 52.7 Å². The van der Waals surface area contributed by atoms with E-state index in [1.165, 1.54) is 38.2 Å². The van der Waals surface area contributed by atoms with Crippen molar-refractivity contribution in [3.05, 3.63) is 205 Å². The number of nitrogens with zero attached hydrogens (tertiary/aromatic N) is 4. The third kappa shape index (κ3) is 6.60. The molecule has 11 rings (SSSR count). The van der Waals surface area contributed by atoms with E-state index in [9.17, 15) is 0 Å². The molecule has 0 radical (unpaired) electrons. The fourth-order valence-corrected chi connectivity index (χ4v) is 9.56. The van der Waals surface area contributed by atoms with E-state index in [4.69, 9.17) is 9.97 Å². The molecule has 0 aliphatic carbocycles. The first-order valence-electron chi connectivity index (χ1n) is 22.3. The van der Waals surface area contributed by atoms with Gasteiger partial charge in [0.25, 0.3) is 0 Å². The maximum Gasteiger partial charge on any atom is 0.161 e. The van der Waals surface area contributed by atoms with Crippen molar-refractivity contribution in [3.63, 3.8) is 0 Å². The zero-order chi connectivity index (χ0) is 43.7. The van der Waals surface area contributed by atoms with Crippen LogP contribution in [0.15, 0.2) is 194 Å². The van der Waals surface area contributed by atoms with Gasteiger partial charge in [0.1, 0.15) is 0 Å². The Balaban J connectivity index is 1.27. The summed E-state index contributed by atoms with van der Waals surface area (Å²) in [6.07, 6.45) is 0. The summed E-state index contributed by atoms with van der Waals surface area (Å²) in [5.74, 6) is 0.666. The molecular formula is C60H50N4. The molecule has 3 aromatic heterocycles. The van der Waals surface area contributed by atoms with Gasteiger partial charge in [-0.15, -0.1) is 0 Å². The van der Waals surface area contributed by atoms with Gasteiger partial charge >= 0.3 is 0 Å². The highest BCUT2D eigenvalue weighted by molar-refractivity contribution is 6.12. The zero-order valence-electron chi connectivity index (χ0n) is 37.3. The Morgan fingerprint density at radius 2 is 0.766 bits per heavy atom. The molecule has 3 heterocycles. The van der Waals surface area contributed by atoms with Crippen LogP contribution in [0.5, 0.6) is 0 Å². The molecule has 11 aromatic rings. The molecule has 0 aliphatic heterocycles. The lowest BCUT2D eigenvalue weighted by Crippen LogP contribution is -2.10. The van der Waals surface area contributed by atoms with Crippen LogP contribution in [0.2, 0.25) is 0 Å². The van der Waals surface area contributed by atoms with Gasteiger partial charge in [0.2, 0.25) is 0 Å². The second-order valence-electron chi connectivity index (χ2n) is 19.1. The third-order valence-corrected chi connectivity index (χ3v) is 12.9. The molecule has 0 unspecified atom stereocenters. The van der Waals surface area contributed by atoms with Crippen LogP contribution in [0, 0.1) is 0 Å². The van der Waals surface area contributed by atoms with Gasteiger partial charge in [-0.3, -0.25) is 0 Å². The fraction of sp³-hybridized carbons (Fsp3) is 0.133. The summed E-state index contributed by atoms with van der Waals surface area (Å²) in [4.78, 5) is 10.9. The van der Waals surface area contributed by atoms with E-state index in [1.54, 1.807) is 0 Å². The topological polar surface area (TPSA) is 35.6 Å². The first-order chi connectivity index (χ1) is 31.0. The van der Waals surface area contributed by atoms with E-state index in [-0.39, 0.29) is 10.8 Å². The number of benzene rings is 8. The minimum absolute atomic E-state index is 0.00502. The fourth-order valence-electron chi connectivity index (χ4n) is 9.56. The summed E-state index contributed by atoms with van der Waals surface area (Å²) in [5, 5.41) is 4.93. The van der Waals surface area contributed by atoms with Gasteiger partial charge in [0.15, 0.2) is 5.82 Å². The van der Waals surface area contributed by atoms with E-state index < -0.39 is 0 Å². The van der Waals surface area contributed by atoms with E-state index in [1.807, 2.05) is 0 Å². The van der Waals surface area contributed by atoms with E-state index in [2.05, 4.69) is 245 Å². The summed E-state index contributed by atoms with van der Waals surface area (Å²) in [7, 11) is 0. The molecule has 0 saturated carbocycles. The molecule has 8 aromatic carbocycles. The van der Waals surface area contributed by atoms with Crippen LogP contribution >= 0.6 is 0 Å². The summed E-state index contributed by atoms with van der Waals surface area (Å²) in [5.41, 5.74) is 16.3. The number of rotatable bonds is 6. The molecule has 0 spiro atoms. The molecule has 64 heavy (non-hydrogen) atoms. The predicted molar refractivity (Wildman–Crippen MR) is 270 cm³/mol. The molecule has 4 heteroatoms. The van der Waals surface area contributed by atoms with Crippen molar-refractivity contribution in [3.8, 4) is 56.4 Å². The summed E-state index contributed by atoms with van der Waals surface area (Å²) in [6, 6.07) is 70.3. The monoisotopic (exact) mass is 826 g/mol. The molecule has 0 amide bonds. The van der Waals surface area contributed by atoms with Crippen LogP contribution in [0.4, 0.5) is 0 Å². The number of hydrogen-bond acceptors (Lipinski definition) is 2. The van der Waals surface area contributed by atoms with E-state index in [0.717, 1.165) is 67.1 Å². The van der Waals surface area contributed by atoms with Gasteiger partial charge in [0, 0.05) is 49.4 Å². The third-order valence-electron chi connectivity index (χ3n) is 12.9. The molecule has 0 fully saturated rings. The highest BCUT2D eigenvalue weighted by Gasteiger charge is 2.26. The second-order valence-corrected chi connectivity index (χ2v) is 19.1. The normalized spacial score (nSPS) is 12.2. The Morgan fingerprint density at radius 3 is 1.30 bits per heavy atom. The lowest BCUT2D eigenvalue weighted by Gasteiger charge is -2.22.